The van der Waals surface area contributed by atoms with Gasteiger partial charge in [-0.3, -0.25) is 0 Å². The second-order valence-corrected chi connectivity index (χ2v) is 12.4. The number of carbonyl (C=O) groups is 2. The maximum atomic E-state index is 14.0. The summed E-state index contributed by atoms with van der Waals surface area (Å²) in [5, 5.41) is 6.20. The third-order valence-electron chi connectivity index (χ3n) is 8.60. The molecule has 2 aromatic heterocycles. The third kappa shape index (κ3) is 7.81. The SMILES string of the molecule is CN(C)c1ccc(NC(=O)N(Cc2ccco2)C2CCCC(C)(N(Cc3ccco3)C(=O)Nc3ccc(N(C)C)cc3)C2)cc1. The smallest absolute Gasteiger partial charge is 0.322 e. The molecule has 2 unspecified atom stereocenters. The van der Waals surface area contributed by atoms with Gasteiger partial charge >= 0.3 is 12.1 Å². The molecule has 0 saturated heterocycles. The number of carbonyl (C=O) groups excluding carboxylic acids is 2. The van der Waals surface area contributed by atoms with E-state index in [1.165, 1.54) is 0 Å². The second-order valence-electron chi connectivity index (χ2n) is 12.4. The van der Waals surface area contributed by atoms with E-state index in [1.807, 2.05) is 121 Å². The number of benzene rings is 2. The first-order chi connectivity index (χ1) is 21.6. The maximum absolute atomic E-state index is 14.0. The van der Waals surface area contributed by atoms with Crippen molar-refractivity contribution < 1.29 is 18.4 Å². The average Bonchev–Trinajstić information content (AvgIpc) is 3.74. The summed E-state index contributed by atoms with van der Waals surface area (Å²) in [7, 11) is 7.93. The Morgan fingerprint density at radius 2 is 1.27 bits per heavy atom. The number of amides is 4. The van der Waals surface area contributed by atoms with Gasteiger partial charge in [-0.05, 0) is 105 Å². The number of rotatable bonds is 10. The fourth-order valence-corrected chi connectivity index (χ4v) is 6.02. The molecule has 1 aliphatic rings. The normalized spacial score (nSPS) is 17.8. The van der Waals surface area contributed by atoms with E-state index in [-0.39, 0.29) is 18.1 Å². The van der Waals surface area contributed by atoms with Crippen LogP contribution in [0.2, 0.25) is 0 Å². The molecule has 5 rings (SSSR count). The minimum atomic E-state index is -0.557. The Hall–Kier alpha value is -4.86. The first-order valence-electron chi connectivity index (χ1n) is 15.4. The van der Waals surface area contributed by atoms with Crippen molar-refractivity contribution in [3.05, 3.63) is 96.8 Å². The summed E-state index contributed by atoms with van der Waals surface area (Å²) in [5.41, 5.74) is 2.97. The Morgan fingerprint density at radius 3 is 1.76 bits per heavy atom. The highest BCUT2D eigenvalue weighted by Crippen LogP contribution is 2.38. The van der Waals surface area contributed by atoms with Gasteiger partial charge in [0.25, 0.3) is 0 Å². The monoisotopic (exact) mass is 612 g/mol. The second kappa shape index (κ2) is 13.8. The van der Waals surface area contributed by atoms with Crippen LogP contribution in [-0.2, 0) is 13.1 Å². The van der Waals surface area contributed by atoms with Crippen LogP contribution in [0.15, 0.2) is 94.2 Å². The molecule has 0 spiro atoms. The number of anilines is 4. The van der Waals surface area contributed by atoms with E-state index in [1.54, 1.807) is 12.5 Å². The molecule has 10 nitrogen and oxygen atoms in total. The van der Waals surface area contributed by atoms with Crippen LogP contribution in [0.1, 0.15) is 44.1 Å². The zero-order chi connectivity index (χ0) is 32.0. The van der Waals surface area contributed by atoms with Gasteiger partial charge in [0.15, 0.2) is 0 Å². The molecule has 1 fully saturated rings. The number of urea groups is 2. The van der Waals surface area contributed by atoms with E-state index in [4.69, 9.17) is 8.83 Å². The molecule has 238 valence electrons. The van der Waals surface area contributed by atoms with Crippen molar-refractivity contribution in [1.82, 2.24) is 9.80 Å². The molecular weight excluding hydrogens is 568 g/mol. The maximum Gasteiger partial charge on any atom is 0.322 e. The molecule has 2 aromatic carbocycles. The van der Waals surface area contributed by atoms with Crippen LogP contribution in [0.5, 0.6) is 0 Å². The molecule has 2 atom stereocenters. The number of furan rings is 2. The van der Waals surface area contributed by atoms with E-state index in [9.17, 15) is 9.59 Å². The summed E-state index contributed by atoms with van der Waals surface area (Å²) in [6.07, 6.45) is 6.29. The first-order valence-corrected chi connectivity index (χ1v) is 15.4. The summed E-state index contributed by atoms with van der Waals surface area (Å²) in [5.74, 6) is 1.40. The van der Waals surface area contributed by atoms with Gasteiger partial charge in [-0.25, -0.2) is 9.59 Å². The van der Waals surface area contributed by atoms with Gasteiger partial charge in [0.05, 0.1) is 25.6 Å². The van der Waals surface area contributed by atoms with Crippen molar-refractivity contribution >= 4 is 34.8 Å². The molecular formula is C35H44N6O4. The largest absolute Gasteiger partial charge is 0.467 e. The van der Waals surface area contributed by atoms with E-state index in [2.05, 4.69) is 17.6 Å². The molecule has 0 radical (unpaired) electrons. The highest BCUT2D eigenvalue weighted by molar-refractivity contribution is 5.91. The number of hydrogen-bond acceptors (Lipinski definition) is 6. The molecule has 45 heavy (non-hydrogen) atoms. The minimum Gasteiger partial charge on any atom is -0.467 e. The topological polar surface area (TPSA) is 97.4 Å². The summed E-state index contributed by atoms with van der Waals surface area (Å²) in [4.78, 5) is 35.6. The Labute approximate surface area is 265 Å². The molecule has 1 aliphatic carbocycles. The summed E-state index contributed by atoms with van der Waals surface area (Å²) in [6.45, 7) is 2.73. The number of nitrogens with one attached hydrogen (secondary N) is 2. The van der Waals surface area contributed by atoms with E-state index in [0.29, 0.717) is 42.4 Å². The Morgan fingerprint density at radius 1 is 0.756 bits per heavy atom. The van der Waals surface area contributed by atoms with Crippen molar-refractivity contribution in [3.8, 4) is 0 Å². The zero-order valence-electron chi connectivity index (χ0n) is 26.8. The zero-order valence-corrected chi connectivity index (χ0v) is 26.8. The predicted octanol–water partition coefficient (Wildman–Crippen LogP) is 7.47. The van der Waals surface area contributed by atoms with Gasteiger partial charge in [0.1, 0.15) is 11.5 Å². The van der Waals surface area contributed by atoms with Gasteiger partial charge in [0, 0.05) is 62.5 Å². The van der Waals surface area contributed by atoms with Gasteiger partial charge in [0.2, 0.25) is 0 Å². The van der Waals surface area contributed by atoms with Crippen LogP contribution in [0.25, 0.3) is 0 Å². The fourth-order valence-electron chi connectivity index (χ4n) is 6.02. The highest BCUT2D eigenvalue weighted by atomic mass is 16.3. The van der Waals surface area contributed by atoms with Crippen molar-refractivity contribution in [2.45, 2.75) is 57.3 Å². The third-order valence-corrected chi connectivity index (χ3v) is 8.60. The lowest BCUT2D eigenvalue weighted by Crippen LogP contribution is -2.57. The molecule has 2 N–H and O–H groups in total. The highest BCUT2D eigenvalue weighted by Gasteiger charge is 2.43. The van der Waals surface area contributed by atoms with E-state index in [0.717, 1.165) is 30.6 Å². The summed E-state index contributed by atoms with van der Waals surface area (Å²) >= 11 is 0. The van der Waals surface area contributed by atoms with Crippen molar-refractivity contribution in [2.24, 2.45) is 0 Å². The molecule has 0 bridgehead atoms. The Kier molecular flexibility index (Phi) is 9.71. The lowest BCUT2D eigenvalue weighted by molar-refractivity contribution is 0.0480. The standard InChI is InChI=1S/C35H44N6O4/c1-35(41(25-32-11-8-22-45-32)34(43)37-27-14-18-29(19-15-27)39(4)5)20-6-9-30(23-35)40(24-31-10-7-21-44-31)33(42)36-26-12-16-28(17-13-26)38(2)3/h7-8,10-19,21-22,30H,6,9,20,23-25H2,1-5H3,(H,36,42)(H,37,43). The van der Waals surface area contributed by atoms with Crippen LogP contribution in [0, 0.1) is 0 Å². The molecule has 0 aliphatic heterocycles. The van der Waals surface area contributed by atoms with Crippen LogP contribution >= 0.6 is 0 Å². The molecule has 4 amide bonds. The Balaban J connectivity index is 1.39. The molecule has 4 aromatic rings. The molecule has 10 heteroatoms. The van der Waals surface area contributed by atoms with Gasteiger partial charge in [-0.15, -0.1) is 0 Å². The van der Waals surface area contributed by atoms with Crippen molar-refractivity contribution in [2.75, 3.05) is 48.6 Å². The number of hydrogen-bond donors (Lipinski definition) is 2. The van der Waals surface area contributed by atoms with Crippen LogP contribution in [-0.4, -0.2) is 61.6 Å². The van der Waals surface area contributed by atoms with Crippen LogP contribution < -0.4 is 20.4 Å². The average molecular weight is 613 g/mol. The minimum absolute atomic E-state index is 0.138. The first kappa shape index (κ1) is 31.6. The van der Waals surface area contributed by atoms with Crippen molar-refractivity contribution in [3.63, 3.8) is 0 Å². The molecule has 2 heterocycles. The summed E-state index contributed by atoms with van der Waals surface area (Å²) < 4.78 is 11.4. The van der Waals surface area contributed by atoms with Gasteiger partial charge in [-0.2, -0.15) is 0 Å². The summed E-state index contributed by atoms with van der Waals surface area (Å²) in [6, 6.07) is 22.4. The van der Waals surface area contributed by atoms with Crippen molar-refractivity contribution in [1.29, 1.82) is 0 Å². The predicted molar refractivity (Wildman–Crippen MR) is 179 cm³/mol. The lowest BCUT2D eigenvalue weighted by Gasteiger charge is -2.48. The Bertz CT molecular complexity index is 1520. The fraction of sp³-hybridized carbons (Fsp3) is 0.371. The van der Waals surface area contributed by atoms with E-state index >= 15 is 0 Å². The van der Waals surface area contributed by atoms with Gasteiger partial charge in [-0.1, -0.05) is 0 Å². The lowest BCUT2D eigenvalue weighted by atomic mass is 9.78. The van der Waals surface area contributed by atoms with E-state index < -0.39 is 5.54 Å². The number of nitrogens with zero attached hydrogens (tertiary/aromatic N) is 4. The van der Waals surface area contributed by atoms with Crippen LogP contribution in [0.3, 0.4) is 0 Å². The quantitative estimate of drug-likeness (QED) is 0.193. The molecule has 1 saturated carbocycles. The van der Waals surface area contributed by atoms with Crippen LogP contribution in [0.4, 0.5) is 32.3 Å². The van der Waals surface area contributed by atoms with Gasteiger partial charge < -0.3 is 39.1 Å².